The number of para-hydroxylation sites is 1. The van der Waals surface area contributed by atoms with Crippen LogP contribution in [0.2, 0.25) is 0 Å². The standard InChI is InChI=1S/C27H32N4O2/c1-19(2)16-25(29-26(32)24-13-12-22-10-6-7-11-23(22)28-24)27(33)30-31-15-14-21(18-31)17-20-8-4-3-5-9-20/h3-13,19,21,25H,14-18H2,1-2H3,(H,29,32)(H,30,33)/t21-,25+/m1/s1. The molecule has 4 rings (SSSR count). The number of rotatable bonds is 8. The number of fused-ring (bicyclic) bond motifs is 1. The van der Waals surface area contributed by atoms with E-state index >= 15 is 0 Å². The molecular weight excluding hydrogens is 412 g/mol. The summed E-state index contributed by atoms with van der Waals surface area (Å²) >= 11 is 0. The Kier molecular flexibility index (Phi) is 7.35. The molecule has 0 radical (unpaired) electrons. The van der Waals surface area contributed by atoms with Crippen molar-refractivity contribution in [1.29, 1.82) is 0 Å². The normalized spacial score (nSPS) is 17.2. The SMILES string of the molecule is CC(C)C[C@H](NC(=O)c1ccc2ccccc2n1)C(=O)NN1CC[C@H](Cc2ccccc2)C1. The molecule has 1 saturated heterocycles. The molecule has 0 bridgehead atoms. The Morgan fingerprint density at radius 1 is 1.03 bits per heavy atom. The van der Waals surface area contributed by atoms with E-state index < -0.39 is 6.04 Å². The van der Waals surface area contributed by atoms with Gasteiger partial charge in [-0.15, -0.1) is 0 Å². The molecular formula is C27H32N4O2. The number of pyridine rings is 1. The van der Waals surface area contributed by atoms with Crippen LogP contribution in [0.3, 0.4) is 0 Å². The van der Waals surface area contributed by atoms with E-state index in [0.717, 1.165) is 36.8 Å². The maximum absolute atomic E-state index is 13.1. The van der Waals surface area contributed by atoms with Crippen LogP contribution in [0, 0.1) is 11.8 Å². The summed E-state index contributed by atoms with van der Waals surface area (Å²) in [6.45, 7) is 5.73. The number of hydrogen-bond acceptors (Lipinski definition) is 4. The van der Waals surface area contributed by atoms with Crippen molar-refractivity contribution in [2.45, 2.75) is 39.2 Å². The lowest BCUT2D eigenvalue weighted by atomic mass is 9.99. The molecule has 172 valence electrons. The topological polar surface area (TPSA) is 74.3 Å². The van der Waals surface area contributed by atoms with Crippen LogP contribution in [-0.4, -0.2) is 40.9 Å². The predicted octanol–water partition coefficient (Wildman–Crippen LogP) is 3.98. The zero-order valence-corrected chi connectivity index (χ0v) is 19.3. The van der Waals surface area contributed by atoms with Crippen molar-refractivity contribution >= 4 is 22.7 Å². The molecule has 0 saturated carbocycles. The van der Waals surface area contributed by atoms with Crippen molar-refractivity contribution < 1.29 is 9.59 Å². The monoisotopic (exact) mass is 444 g/mol. The van der Waals surface area contributed by atoms with E-state index in [9.17, 15) is 9.59 Å². The number of aromatic nitrogens is 1. The fourth-order valence-corrected chi connectivity index (χ4v) is 4.41. The number of amides is 2. The Hall–Kier alpha value is -3.25. The first-order chi connectivity index (χ1) is 16.0. The first-order valence-corrected chi connectivity index (χ1v) is 11.7. The molecule has 0 spiro atoms. The highest BCUT2D eigenvalue weighted by molar-refractivity contribution is 5.97. The van der Waals surface area contributed by atoms with Gasteiger partial charge in [0.2, 0.25) is 0 Å². The zero-order valence-electron chi connectivity index (χ0n) is 19.3. The van der Waals surface area contributed by atoms with Crippen molar-refractivity contribution in [2.75, 3.05) is 13.1 Å². The maximum Gasteiger partial charge on any atom is 0.270 e. The van der Waals surface area contributed by atoms with Gasteiger partial charge in [0.15, 0.2) is 0 Å². The van der Waals surface area contributed by atoms with Crippen LogP contribution in [0.4, 0.5) is 0 Å². The van der Waals surface area contributed by atoms with Gasteiger partial charge in [0.25, 0.3) is 11.8 Å². The van der Waals surface area contributed by atoms with Crippen LogP contribution >= 0.6 is 0 Å². The average Bonchev–Trinajstić information content (AvgIpc) is 3.25. The van der Waals surface area contributed by atoms with Crippen LogP contribution in [0.1, 0.15) is 42.7 Å². The Balaban J connectivity index is 1.37. The number of hydrazine groups is 1. The van der Waals surface area contributed by atoms with Crippen LogP contribution in [0.5, 0.6) is 0 Å². The van der Waals surface area contributed by atoms with Gasteiger partial charge in [-0.2, -0.15) is 0 Å². The maximum atomic E-state index is 13.1. The molecule has 33 heavy (non-hydrogen) atoms. The largest absolute Gasteiger partial charge is 0.339 e. The van der Waals surface area contributed by atoms with Gasteiger partial charge in [-0.25, -0.2) is 9.99 Å². The van der Waals surface area contributed by atoms with Crippen molar-refractivity contribution in [3.8, 4) is 0 Å². The predicted molar refractivity (Wildman–Crippen MR) is 130 cm³/mol. The number of nitrogens with one attached hydrogen (secondary N) is 2. The summed E-state index contributed by atoms with van der Waals surface area (Å²) in [6.07, 6.45) is 2.61. The summed E-state index contributed by atoms with van der Waals surface area (Å²) < 4.78 is 0. The molecule has 2 heterocycles. The molecule has 1 fully saturated rings. The number of benzene rings is 2. The molecule has 2 amide bonds. The number of carbonyl (C=O) groups excluding carboxylic acids is 2. The van der Waals surface area contributed by atoms with Crippen LogP contribution in [0.15, 0.2) is 66.7 Å². The second-order valence-corrected chi connectivity index (χ2v) is 9.31. The van der Waals surface area contributed by atoms with E-state index in [0.29, 0.717) is 18.0 Å². The van der Waals surface area contributed by atoms with Gasteiger partial charge in [0.1, 0.15) is 11.7 Å². The highest BCUT2D eigenvalue weighted by Crippen LogP contribution is 2.20. The van der Waals surface area contributed by atoms with Crippen molar-refractivity contribution in [1.82, 2.24) is 20.7 Å². The molecule has 2 N–H and O–H groups in total. The minimum absolute atomic E-state index is 0.168. The summed E-state index contributed by atoms with van der Waals surface area (Å²) in [6, 6.07) is 21.1. The van der Waals surface area contributed by atoms with Gasteiger partial charge >= 0.3 is 0 Å². The fourth-order valence-electron chi connectivity index (χ4n) is 4.41. The second-order valence-electron chi connectivity index (χ2n) is 9.31. The van der Waals surface area contributed by atoms with E-state index in [1.165, 1.54) is 5.56 Å². The average molecular weight is 445 g/mol. The first-order valence-electron chi connectivity index (χ1n) is 11.7. The first kappa shape index (κ1) is 22.9. The van der Waals surface area contributed by atoms with E-state index in [4.69, 9.17) is 0 Å². The molecule has 1 aliphatic rings. The van der Waals surface area contributed by atoms with Crippen LogP contribution in [-0.2, 0) is 11.2 Å². The quantitative estimate of drug-likeness (QED) is 0.551. The van der Waals surface area contributed by atoms with E-state index in [1.54, 1.807) is 6.07 Å². The molecule has 0 unspecified atom stereocenters. The summed E-state index contributed by atoms with van der Waals surface area (Å²) in [7, 11) is 0. The Labute approximate surface area is 195 Å². The van der Waals surface area contributed by atoms with Gasteiger partial charge in [-0.3, -0.25) is 15.0 Å². The summed E-state index contributed by atoms with van der Waals surface area (Å²) in [5.74, 6) is 0.269. The number of carbonyl (C=O) groups is 2. The van der Waals surface area contributed by atoms with Crippen LogP contribution < -0.4 is 10.7 Å². The molecule has 2 aromatic carbocycles. The van der Waals surface area contributed by atoms with Gasteiger partial charge in [0, 0.05) is 18.5 Å². The molecule has 6 nitrogen and oxygen atoms in total. The minimum atomic E-state index is -0.612. The molecule has 6 heteroatoms. The fraction of sp³-hybridized carbons (Fsp3) is 0.370. The summed E-state index contributed by atoms with van der Waals surface area (Å²) in [5.41, 5.74) is 5.45. The van der Waals surface area contributed by atoms with Gasteiger partial charge in [-0.05, 0) is 48.8 Å². The summed E-state index contributed by atoms with van der Waals surface area (Å²) in [4.78, 5) is 30.5. The lowest BCUT2D eigenvalue weighted by Gasteiger charge is -2.24. The highest BCUT2D eigenvalue weighted by atomic mass is 16.2. The van der Waals surface area contributed by atoms with Crippen molar-refractivity contribution in [3.05, 3.63) is 78.0 Å². The summed E-state index contributed by atoms with van der Waals surface area (Å²) in [5, 5.41) is 5.88. The Morgan fingerprint density at radius 2 is 1.79 bits per heavy atom. The van der Waals surface area contributed by atoms with Crippen LogP contribution in [0.25, 0.3) is 10.9 Å². The van der Waals surface area contributed by atoms with E-state index in [2.05, 4.69) is 40.0 Å². The molecule has 0 aliphatic carbocycles. The third-order valence-electron chi connectivity index (χ3n) is 6.08. The zero-order chi connectivity index (χ0) is 23.2. The lowest BCUT2D eigenvalue weighted by molar-refractivity contribution is -0.127. The highest BCUT2D eigenvalue weighted by Gasteiger charge is 2.28. The minimum Gasteiger partial charge on any atom is -0.339 e. The Morgan fingerprint density at radius 3 is 2.58 bits per heavy atom. The van der Waals surface area contributed by atoms with Gasteiger partial charge in [-0.1, -0.05) is 68.4 Å². The van der Waals surface area contributed by atoms with Crippen molar-refractivity contribution in [2.24, 2.45) is 11.8 Å². The van der Waals surface area contributed by atoms with Gasteiger partial charge < -0.3 is 5.32 Å². The molecule has 3 aromatic rings. The van der Waals surface area contributed by atoms with E-state index in [1.807, 2.05) is 55.3 Å². The molecule has 1 aromatic heterocycles. The molecule has 2 atom stereocenters. The third-order valence-corrected chi connectivity index (χ3v) is 6.08. The number of nitrogens with zero attached hydrogens (tertiary/aromatic N) is 2. The number of hydrogen-bond donors (Lipinski definition) is 2. The van der Waals surface area contributed by atoms with E-state index in [-0.39, 0.29) is 17.7 Å². The lowest BCUT2D eigenvalue weighted by Crippen LogP contribution is -2.52. The van der Waals surface area contributed by atoms with Crippen molar-refractivity contribution in [3.63, 3.8) is 0 Å². The Bertz CT molecular complexity index is 1100. The smallest absolute Gasteiger partial charge is 0.270 e. The molecule has 1 aliphatic heterocycles. The third kappa shape index (κ3) is 6.17. The second kappa shape index (κ2) is 10.6. The van der Waals surface area contributed by atoms with Gasteiger partial charge in [0.05, 0.1) is 5.52 Å².